The molecule has 1 aromatic rings. The van der Waals surface area contributed by atoms with E-state index in [9.17, 15) is 0 Å². The Kier molecular flexibility index (Phi) is 5.46. The third-order valence-electron chi connectivity index (χ3n) is 2.19. The lowest BCUT2D eigenvalue weighted by Crippen LogP contribution is -2.22. The van der Waals surface area contributed by atoms with Gasteiger partial charge < -0.3 is 9.47 Å². The molecule has 1 aromatic carbocycles. The van der Waals surface area contributed by atoms with E-state index in [1.807, 2.05) is 31.2 Å². The normalized spacial score (nSPS) is 12.2. The van der Waals surface area contributed by atoms with E-state index in [4.69, 9.17) is 21.1 Å². The molecule has 3 nitrogen and oxygen atoms in total. The fraction of sp³-hybridized carbons (Fsp3) is 0.417. The van der Waals surface area contributed by atoms with Crippen LogP contribution in [0, 0.1) is 0 Å². The van der Waals surface area contributed by atoms with E-state index in [-0.39, 0.29) is 6.29 Å². The van der Waals surface area contributed by atoms with Crippen molar-refractivity contribution < 1.29 is 9.47 Å². The molecule has 0 fully saturated rings. The molecule has 0 spiro atoms. The van der Waals surface area contributed by atoms with Crippen molar-refractivity contribution >= 4 is 17.3 Å². The van der Waals surface area contributed by atoms with E-state index < -0.39 is 0 Å². The second-order valence-corrected chi connectivity index (χ2v) is 3.82. The number of benzene rings is 1. The standard InChI is InChI=1S/C12H16ClNO2/c1-9(12(15-2)16-3)14-8-10-4-6-11(13)7-5-10/h4-7,12H,8H2,1-3H3/b14-9-. The van der Waals surface area contributed by atoms with Gasteiger partial charge >= 0.3 is 0 Å². The first-order chi connectivity index (χ1) is 7.67. The van der Waals surface area contributed by atoms with Crippen LogP contribution >= 0.6 is 11.6 Å². The van der Waals surface area contributed by atoms with Crippen LogP contribution in [0.25, 0.3) is 0 Å². The van der Waals surface area contributed by atoms with Crippen molar-refractivity contribution in [3.63, 3.8) is 0 Å². The van der Waals surface area contributed by atoms with Crippen LogP contribution in [0.15, 0.2) is 29.3 Å². The van der Waals surface area contributed by atoms with Gasteiger partial charge in [-0.2, -0.15) is 0 Å². The summed E-state index contributed by atoms with van der Waals surface area (Å²) in [4.78, 5) is 4.39. The van der Waals surface area contributed by atoms with Gasteiger partial charge in [0.2, 0.25) is 0 Å². The van der Waals surface area contributed by atoms with Gasteiger partial charge in [0.1, 0.15) is 0 Å². The molecule has 0 bridgehead atoms. The summed E-state index contributed by atoms with van der Waals surface area (Å²) < 4.78 is 10.2. The van der Waals surface area contributed by atoms with Crippen LogP contribution in [0.3, 0.4) is 0 Å². The highest BCUT2D eigenvalue weighted by Crippen LogP contribution is 2.10. The maximum absolute atomic E-state index is 5.79. The van der Waals surface area contributed by atoms with Gasteiger partial charge in [-0.3, -0.25) is 4.99 Å². The molecule has 0 aliphatic rings. The Morgan fingerprint density at radius 3 is 2.31 bits per heavy atom. The molecule has 0 aliphatic heterocycles. The third-order valence-corrected chi connectivity index (χ3v) is 2.45. The molecule has 0 amide bonds. The highest BCUT2D eigenvalue weighted by atomic mass is 35.5. The maximum atomic E-state index is 5.79. The van der Waals surface area contributed by atoms with Crippen LogP contribution in [0.1, 0.15) is 12.5 Å². The number of nitrogens with zero attached hydrogens (tertiary/aromatic N) is 1. The van der Waals surface area contributed by atoms with Crippen molar-refractivity contribution in [3.05, 3.63) is 34.9 Å². The van der Waals surface area contributed by atoms with Crippen molar-refractivity contribution in [3.8, 4) is 0 Å². The number of hydrogen-bond donors (Lipinski definition) is 0. The Hall–Kier alpha value is -0.900. The molecule has 0 aliphatic carbocycles. The van der Waals surface area contributed by atoms with Gasteiger partial charge in [0.05, 0.1) is 12.3 Å². The number of hydrogen-bond acceptors (Lipinski definition) is 3. The summed E-state index contributed by atoms with van der Waals surface area (Å²) in [6.45, 7) is 2.49. The minimum Gasteiger partial charge on any atom is -0.351 e. The molecule has 0 unspecified atom stereocenters. The minimum absolute atomic E-state index is 0.368. The van der Waals surface area contributed by atoms with Crippen molar-refractivity contribution in [2.75, 3.05) is 14.2 Å². The second kappa shape index (κ2) is 6.63. The van der Waals surface area contributed by atoms with E-state index in [2.05, 4.69) is 4.99 Å². The third kappa shape index (κ3) is 3.93. The number of ether oxygens (including phenoxy) is 2. The molecular weight excluding hydrogens is 226 g/mol. The summed E-state index contributed by atoms with van der Waals surface area (Å²) in [5, 5.41) is 0.733. The molecule has 88 valence electrons. The number of rotatable bonds is 5. The van der Waals surface area contributed by atoms with Crippen LogP contribution in [0.4, 0.5) is 0 Å². The second-order valence-electron chi connectivity index (χ2n) is 3.39. The predicted molar refractivity (Wildman–Crippen MR) is 66.1 cm³/mol. The Bertz CT molecular complexity index is 345. The molecule has 0 aromatic heterocycles. The number of aliphatic imine (C=N–C) groups is 1. The molecule has 0 saturated carbocycles. The van der Waals surface area contributed by atoms with Gasteiger partial charge in [-0.05, 0) is 24.6 Å². The molecule has 0 saturated heterocycles. The van der Waals surface area contributed by atoms with Gasteiger partial charge in [0.15, 0.2) is 6.29 Å². The molecule has 0 radical (unpaired) electrons. The summed E-state index contributed by atoms with van der Waals surface area (Å²) in [5.41, 5.74) is 1.93. The van der Waals surface area contributed by atoms with Gasteiger partial charge in [-0.25, -0.2) is 0 Å². The first kappa shape index (κ1) is 13.2. The zero-order valence-corrected chi connectivity index (χ0v) is 10.5. The summed E-state index contributed by atoms with van der Waals surface area (Å²) in [5.74, 6) is 0. The van der Waals surface area contributed by atoms with Crippen molar-refractivity contribution in [2.45, 2.75) is 19.8 Å². The summed E-state index contributed by atoms with van der Waals surface area (Å²) in [6.07, 6.45) is -0.368. The van der Waals surface area contributed by atoms with Gasteiger partial charge in [0.25, 0.3) is 0 Å². The molecular formula is C12H16ClNO2. The summed E-state index contributed by atoms with van der Waals surface area (Å²) in [6, 6.07) is 7.61. The van der Waals surface area contributed by atoms with Crippen LogP contribution < -0.4 is 0 Å². The fourth-order valence-electron chi connectivity index (χ4n) is 1.32. The van der Waals surface area contributed by atoms with Gasteiger partial charge in [-0.15, -0.1) is 0 Å². The van der Waals surface area contributed by atoms with E-state index >= 15 is 0 Å². The van der Waals surface area contributed by atoms with Gasteiger partial charge in [0, 0.05) is 19.2 Å². The highest BCUT2D eigenvalue weighted by Gasteiger charge is 2.08. The lowest BCUT2D eigenvalue weighted by atomic mass is 10.2. The Labute approximate surface area is 101 Å². The van der Waals surface area contributed by atoms with Crippen molar-refractivity contribution in [1.82, 2.24) is 0 Å². The largest absolute Gasteiger partial charge is 0.351 e. The highest BCUT2D eigenvalue weighted by molar-refractivity contribution is 6.30. The monoisotopic (exact) mass is 241 g/mol. The topological polar surface area (TPSA) is 30.8 Å². The molecule has 1 rings (SSSR count). The van der Waals surface area contributed by atoms with Crippen molar-refractivity contribution in [1.29, 1.82) is 0 Å². The number of halogens is 1. The first-order valence-electron chi connectivity index (χ1n) is 4.98. The van der Waals surface area contributed by atoms with Crippen molar-refractivity contribution in [2.24, 2.45) is 4.99 Å². The Morgan fingerprint density at radius 1 is 1.25 bits per heavy atom. The number of methoxy groups -OCH3 is 2. The van der Waals surface area contributed by atoms with Crippen LogP contribution in [-0.2, 0) is 16.0 Å². The van der Waals surface area contributed by atoms with Gasteiger partial charge in [-0.1, -0.05) is 23.7 Å². The Balaban J connectivity index is 2.61. The average molecular weight is 242 g/mol. The summed E-state index contributed by atoms with van der Waals surface area (Å²) >= 11 is 5.79. The van der Waals surface area contributed by atoms with Crippen LogP contribution in [-0.4, -0.2) is 26.2 Å². The van der Waals surface area contributed by atoms with E-state index in [0.717, 1.165) is 16.3 Å². The average Bonchev–Trinajstić information content (AvgIpc) is 2.30. The zero-order chi connectivity index (χ0) is 12.0. The summed E-state index contributed by atoms with van der Waals surface area (Å²) in [7, 11) is 3.19. The Morgan fingerprint density at radius 2 is 1.81 bits per heavy atom. The quantitative estimate of drug-likeness (QED) is 0.586. The first-order valence-corrected chi connectivity index (χ1v) is 5.36. The van der Waals surface area contributed by atoms with E-state index in [0.29, 0.717) is 6.54 Å². The minimum atomic E-state index is -0.368. The van der Waals surface area contributed by atoms with Crippen LogP contribution in [0.5, 0.6) is 0 Å². The molecule has 16 heavy (non-hydrogen) atoms. The van der Waals surface area contributed by atoms with Crippen LogP contribution in [0.2, 0.25) is 5.02 Å². The predicted octanol–water partition coefficient (Wildman–Crippen LogP) is 2.92. The molecule has 4 heteroatoms. The lowest BCUT2D eigenvalue weighted by molar-refractivity contribution is -0.0524. The van der Waals surface area contributed by atoms with E-state index in [1.54, 1.807) is 14.2 Å². The lowest BCUT2D eigenvalue weighted by Gasteiger charge is -2.12. The molecule has 0 atom stereocenters. The smallest absolute Gasteiger partial charge is 0.195 e. The molecule has 0 heterocycles. The fourth-order valence-corrected chi connectivity index (χ4v) is 1.44. The zero-order valence-electron chi connectivity index (χ0n) is 9.74. The van der Waals surface area contributed by atoms with E-state index in [1.165, 1.54) is 0 Å². The maximum Gasteiger partial charge on any atom is 0.195 e. The molecule has 0 N–H and O–H groups in total. The SMILES string of the molecule is COC(OC)/C(C)=N\Cc1ccc(Cl)cc1.